The Balaban J connectivity index is 1.53. The molecule has 178 valence electrons. The molecule has 1 unspecified atom stereocenters. The number of nitrogens with zero attached hydrogens (tertiary/aromatic N) is 3. The Morgan fingerprint density at radius 1 is 1.06 bits per heavy atom. The topological polar surface area (TPSA) is 67.6 Å². The summed E-state index contributed by atoms with van der Waals surface area (Å²) in [6, 6.07) is 13.7. The second-order valence-electron chi connectivity index (χ2n) is 8.87. The molecule has 1 N–H and O–H groups in total. The third kappa shape index (κ3) is 3.55. The first kappa shape index (κ1) is 22.5. The van der Waals surface area contributed by atoms with Gasteiger partial charge in [0.25, 0.3) is 5.91 Å². The lowest BCUT2D eigenvalue weighted by Crippen LogP contribution is -2.39. The van der Waals surface area contributed by atoms with E-state index in [-0.39, 0.29) is 29.6 Å². The zero-order valence-electron chi connectivity index (χ0n) is 18.8. The fourth-order valence-corrected chi connectivity index (χ4v) is 4.80. The molecule has 2 aliphatic rings. The number of aliphatic hydroxyl groups excluding tert-OH is 1. The van der Waals surface area contributed by atoms with Gasteiger partial charge in [-0.3, -0.25) is 4.79 Å². The Kier molecular flexibility index (Phi) is 5.20. The summed E-state index contributed by atoms with van der Waals surface area (Å²) in [5, 5.41) is 13.9. The van der Waals surface area contributed by atoms with Crippen LogP contribution in [0, 0.1) is 0 Å². The van der Waals surface area contributed by atoms with Crippen LogP contribution in [0.15, 0.2) is 48.5 Å². The van der Waals surface area contributed by atoms with Crippen LogP contribution in [0.3, 0.4) is 0 Å². The van der Waals surface area contributed by atoms with Crippen LogP contribution in [0.2, 0.25) is 0 Å². The fraction of sp³-hybridized carbons (Fsp3) is 0.360. The summed E-state index contributed by atoms with van der Waals surface area (Å²) in [5.74, 6) is 0.00368. The summed E-state index contributed by atoms with van der Waals surface area (Å²) in [6.45, 7) is 1.89. The minimum atomic E-state index is -4.68. The van der Waals surface area contributed by atoms with Crippen LogP contribution in [0.5, 0.6) is 5.75 Å². The molecule has 5 rings (SSSR count). The van der Waals surface area contributed by atoms with Crippen molar-refractivity contribution in [3.05, 3.63) is 71.0 Å². The molecule has 2 heterocycles. The molecule has 6 nitrogen and oxygen atoms in total. The van der Waals surface area contributed by atoms with Crippen molar-refractivity contribution in [1.29, 1.82) is 0 Å². The van der Waals surface area contributed by atoms with Crippen LogP contribution in [0.1, 0.15) is 47.1 Å². The number of benzene rings is 2. The average molecular weight is 471 g/mol. The van der Waals surface area contributed by atoms with Crippen LogP contribution in [0.25, 0.3) is 5.69 Å². The van der Waals surface area contributed by atoms with E-state index in [1.807, 2.05) is 12.1 Å². The highest BCUT2D eigenvalue weighted by molar-refractivity contribution is 6.07. The quantitative estimate of drug-likeness (QED) is 0.595. The number of amides is 1. The molecule has 1 aliphatic heterocycles. The number of aliphatic hydroxyl groups is 1. The van der Waals surface area contributed by atoms with E-state index >= 15 is 0 Å². The van der Waals surface area contributed by atoms with Gasteiger partial charge >= 0.3 is 6.18 Å². The number of halogens is 3. The number of fused-ring (bicyclic) bond motifs is 1. The predicted molar refractivity (Wildman–Crippen MR) is 120 cm³/mol. The summed E-state index contributed by atoms with van der Waals surface area (Å²) in [5.41, 5.74) is 0.477. The second kappa shape index (κ2) is 7.87. The number of ether oxygens (including phenoxy) is 1. The molecular formula is C25H24F3N3O3. The summed E-state index contributed by atoms with van der Waals surface area (Å²) in [6.07, 6.45) is -3.32. The smallest absolute Gasteiger partial charge is 0.435 e. The molecule has 0 spiro atoms. The van der Waals surface area contributed by atoms with Crippen molar-refractivity contribution in [3.63, 3.8) is 0 Å². The number of alkyl halides is 3. The van der Waals surface area contributed by atoms with Gasteiger partial charge in [0.1, 0.15) is 11.4 Å². The molecule has 0 saturated heterocycles. The van der Waals surface area contributed by atoms with Crippen LogP contribution in [-0.2, 0) is 18.0 Å². The molecule has 1 aromatic heterocycles. The lowest BCUT2D eigenvalue weighted by molar-refractivity contribution is -0.141. The molecule has 34 heavy (non-hydrogen) atoms. The molecule has 2 aromatic carbocycles. The van der Waals surface area contributed by atoms with E-state index in [9.17, 15) is 23.1 Å². The summed E-state index contributed by atoms with van der Waals surface area (Å²) >= 11 is 0. The van der Waals surface area contributed by atoms with Gasteiger partial charge in [0.2, 0.25) is 0 Å². The highest BCUT2D eigenvalue weighted by Crippen LogP contribution is 2.51. The number of hydrogen-bond donors (Lipinski definition) is 1. The van der Waals surface area contributed by atoms with Gasteiger partial charge in [0.05, 0.1) is 18.9 Å². The Morgan fingerprint density at radius 2 is 1.68 bits per heavy atom. The molecule has 1 amide bonds. The zero-order chi connectivity index (χ0) is 24.3. The van der Waals surface area contributed by atoms with E-state index < -0.39 is 23.9 Å². The van der Waals surface area contributed by atoms with E-state index in [0.29, 0.717) is 17.1 Å². The Labute approximate surface area is 194 Å². The van der Waals surface area contributed by atoms with Gasteiger partial charge in [-0.1, -0.05) is 12.1 Å². The Morgan fingerprint density at radius 3 is 2.21 bits per heavy atom. The Bertz CT molecular complexity index is 1230. The van der Waals surface area contributed by atoms with Gasteiger partial charge in [-0.2, -0.15) is 18.3 Å². The highest BCUT2D eigenvalue weighted by Gasteiger charge is 2.48. The second-order valence-corrected chi connectivity index (χ2v) is 8.87. The monoisotopic (exact) mass is 471 g/mol. The van der Waals surface area contributed by atoms with Gasteiger partial charge in [0.15, 0.2) is 5.69 Å². The number of carbonyl (C=O) groups excluding carboxylic acids is 1. The third-order valence-corrected chi connectivity index (χ3v) is 6.94. The molecule has 3 aromatic rings. The predicted octanol–water partition coefficient (Wildman–Crippen LogP) is 4.52. The lowest BCUT2D eigenvalue weighted by atomic mass is 9.90. The van der Waals surface area contributed by atoms with Gasteiger partial charge in [-0.25, -0.2) is 4.68 Å². The van der Waals surface area contributed by atoms with Crippen molar-refractivity contribution in [1.82, 2.24) is 9.78 Å². The van der Waals surface area contributed by atoms with Crippen molar-refractivity contribution in [2.75, 3.05) is 18.6 Å². The summed E-state index contributed by atoms with van der Waals surface area (Å²) < 4.78 is 47.5. The van der Waals surface area contributed by atoms with Crippen molar-refractivity contribution in [3.8, 4) is 11.4 Å². The fourth-order valence-electron chi connectivity index (χ4n) is 4.80. The highest BCUT2D eigenvalue weighted by atomic mass is 19.4. The van der Waals surface area contributed by atoms with Crippen LogP contribution >= 0.6 is 0 Å². The number of hydrogen-bond acceptors (Lipinski definition) is 4. The van der Waals surface area contributed by atoms with Crippen molar-refractivity contribution < 1.29 is 27.8 Å². The largest absolute Gasteiger partial charge is 0.497 e. The minimum Gasteiger partial charge on any atom is -0.497 e. The standard InChI is InChI=1S/C25H24F3N3O3/c1-15(32)24(12-13-24)16-3-5-17(6-4-16)30-14-11-20-21(23(30)33)31(29-22(20)25(26,27)28)18-7-9-19(34-2)10-8-18/h3-10,15,32H,11-14H2,1-2H3. The maximum Gasteiger partial charge on any atom is 0.435 e. The molecular weight excluding hydrogens is 447 g/mol. The molecule has 0 bridgehead atoms. The van der Waals surface area contributed by atoms with Gasteiger partial charge in [-0.15, -0.1) is 0 Å². The third-order valence-electron chi connectivity index (χ3n) is 6.94. The normalized spacial score (nSPS) is 17.9. The lowest BCUT2D eigenvalue weighted by Gasteiger charge is -2.28. The number of aromatic nitrogens is 2. The van der Waals surface area contributed by atoms with Gasteiger partial charge in [0, 0.05) is 23.2 Å². The van der Waals surface area contributed by atoms with Crippen molar-refractivity contribution in [2.45, 2.75) is 43.9 Å². The molecule has 1 atom stereocenters. The maximum absolute atomic E-state index is 13.8. The van der Waals surface area contributed by atoms with E-state index in [1.54, 1.807) is 43.3 Å². The van der Waals surface area contributed by atoms with Crippen molar-refractivity contribution >= 4 is 11.6 Å². The van der Waals surface area contributed by atoms with E-state index in [1.165, 1.54) is 12.0 Å². The first-order chi connectivity index (χ1) is 16.2. The first-order valence-corrected chi connectivity index (χ1v) is 11.1. The molecule has 1 saturated carbocycles. The first-order valence-electron chi connectivity index (χ1n) is 11.1. The number of rotatable bonds is 5. The van der Waals surface area contributed by atoms with Crippen LogP contribution in [-0.4, -0.2) is 40.6 Å². The van der Waals surface area contributed by atoms with E-state index in [0.717, 1.165) is 23.1 Å². The number of methoxy groups -OCH3 is 1. The molecule has 1 fully saturated rings. The van der Waals surface area contributed by atoms with Gasteiger partial charge < -0.3 is 14.7 Å². The van der Waals surface area contributed by atoms with Crippen LogP contribution in [0.4, 0.5) is 18.9 Å². The summed E-state index contributed by atoms with van der Waals surface area (Å²) in [4.78, 5) is 15.0. The summed E-state index contributed by atoms with van der Waals surface area (Å²) in [7, 11) is 1.49. The zero-order valence-corrected chi connectivity index (χ0v) is 18.8. The van der Waals surface area contributed by atoms with E-state index in [2.05, 4.69) is 5.10 Å². The number of anilines is 1. The Hall–Kier alpha value is -3.33. The van der Waals surface area contributed by atoms with E-state index in [4.69, 9.17) is 4.74 Å². The van der Waals surface area contributed by atoms with Gasteiger partial charge in [-0.05, 0) is 68.1 Å². The average Bonchev–Trinajstić information content (AvgIpc) is 3.53. The minimum absolute atomic E-state index is 0.0332. The SMILES string of the molecule is COc1ccc(-n2nc(C(F)(F)F)c3c2C(=O)N(c2ccc(C4(C(C)O)CC4)cc2)CC3)cc1. The maximum atomic E-state index is 13.8. The number of carbonyl (C=O) groups is 1. The molecule has 0 radical (unpaired) electrons. The van der Waals surface area contributed by atoms with Crippen molar-refractivity contribution in [2.24, 2.45) is 0 Å². The molecule has 9 heteroatoms. The molecule has 1 aliphatic carbocycles. The van der Waals surface area contributed by atoms with Crippen LogP contribution < -0.4 is 9.64 Å².